The predicted octanol–water partition coefficient (Wildman–Crippen LogP) is 3.91. The van der Waals surface area contributed by atoms with Crippen LogP contribution in [0.5, 0.6) is 0 Å². The van der Waals surface area contributed by atoms with E-state index in [9.17, 15) is 4.79 Å². The Morgan fingerprint density at radius 3 is 2.41 bits per heavy atom. The quantitative estimate of drug-likeness (QED) is 0.463. The van der Waals surface area contributed by atoms with Crippen LogP contribution in [0.3, 0.4) is 0 Å². The fourth-order valence-electron chi connectivity index (χ4n) is 3.47. The van der Waals surface area contributed by atoms with E-state index in [1.807, 2.05) is 56.3 Å². The normalized spacial score (nSPS) is 11.1. The van der Waals surface area contributed by atoms with Gasteiger partial charge in [0.15, 0.2) is 5.65 Å². The maximum atomic E-state index is 12.9. The molecule has 0 saturated carbocycles. The smallest absolute Gasteiger partial charge is 0.263 e. The summed E-state index contributed by atoms with van der Waals surface area (Å²) in [6.45, 7) is 4.66. The lowest BCUT2D eigenvalue weighted by Crippen LogP contribution is -2.14. The van der Waals surface area contributed by atoms with Gasteiger partial charge in [0.05, 0.1) is 18.4 Å². The first kappa shape index (κ1) is 19.6. The Hall–Kier alpha value is -4.33. The van der Waals surface area contributed by atoms with Gasteiger partial charge in [-0.2, -0.15) is 5.10 Å². The summed E-state index contributed by atoms with van der Waals surface area (Å²) in [6.07, 6.45) is 4.79. The number of nitrogens with zero attached hydrogens (tertiary/aromatic N) is 6. The third-order valence-electron chi connectivity index (χ3n) is 5.22. The molecular formula is C24H21N7O. The van der Waals surface area contributed by atoms with Gasteiger partial charge in [-0.25, -0.2) is 19.2 Å². The first-order valence-electron chi connectivity index (χ1n) is 10.2. The molecule has 32 heavy (non-hydrogen) atoms. The first-order chi connectivity index (χ1) is 15.6. The van der Waals surface area contributed by atoms with Gasteiger partial charge in [0.25, 0.3) is 5.91 Å². The molecule has 0 aliphatic rings. The molecule has 0 bridgehead atoms. The second kappa shape index (κ2) is 8.07. The molecule has 158 valence electrons. The van der Waals surface area contributed by atoms with Crippen LogP contribution in [0.25, 0.3) is 16.9 Å². The standard InChI is InChI=1S/C24H21N7O/c1-16-3-7-18(8-4-16)14-30-15-26-24(29-30)28-23(32)20-13-27-31-21(11-12-25-22(20)31)19-9-5-17(2)6-10-19/h3-13,15H,14H2,1-2H3,(H,28,29,32). The molecule has 1 N–H and O–H groups in total. The van der Waals surface area contributed by atoms with E-state index >= 15 is 0 Å². The molecule has 0 saturated heterocycles. The highest BCUT2D eigenvalue weighted by atomic mass is 16.1. The number of fused-ring (bicyclic) bond motifs is 1. The number of carbonyl (C=O) groups excluding carboxylic acids is 1. The van der Waals surface area contributed by atoms with Gasteiger partial charge in [0.2, 0.25) is 5.95 Å². The zero-order chi connectivity index (χ0) is 22.1. The van der Waals surface area contributed by atoms with E-state index in [4.69, 9.17) is 0 Å². The molecular weight excluding hydrogens is 402 g/mol. The van der Waals surface area contributed by atoms with E-state index < -0.39 is 0 Å². The number of hydrogen-bond acceptors (Lipinski definition) is 5. The molecule has 0 aliphatic heterocycles. The Morgan fingerprint density at radius 2 is 1.66 bits per heavy atom. The van der Waals surface area contributed by atoms with Crippen molar-refractivity contribution in [1.82, 2.24) is 29.4 Å². The summed E-state index contributed by atoms with van der Waals surface area (Å²) in [5.74, 6) is -0.127. The summed E-state index contributed by atoms with van der Waals surface area (Å²) in [4.78, 5) is 21.5. The average molecular weight is 423 g/mol. The summed E-state index contributed by atoms with van der Waals surface area (Å²) in [5.41, 5.74) is 6.16. The minimum absolute atomic E-state index is 0.233. The lowest BCUT2D eigenvalue weighted by atomic mass is 10.1. The Balaban J connectivity index is 1.36. The maximum absolute atomic E-state index is 12.9. The third-order valence-corrected chi connectivity index (χ3v) is 5.22. The van der Waals surface area contributed by atoms with Gasteiger partial charge in [-0.1, -0.05) is 59.7 Å². The Bertz CT molecular complexity index is 1400. The number of carbonyl (C=O) groups is 1. The van der Waals surface area contributed by atoms with Crippen molar-refractivity contribution in [3.63, 3.8) is 0 Å². The van der Waals surface area contributed by atoms with Gasteiger partial charge in [0.1, 0.15) is 11.9 Å². The molecule has 0 unspecified atom stereocenters. The molecule has 5 aromatic rings. The number of amides is 1. The van der Waals surface area contributed by atoms with E-state index in [0.717, 1.165) is 16.8 Å². The molecule has 2 aromatic carbocycles. The molecule has 3 heterocycles. The summed E-state index contributed by atoms with van der Waals surface area (Å²) in [7, 11) is 0. The number of anilines is 1. The lowest BCUT2D eigenvalue weighted by molar-refractivity contribution is 0.102. The van der Waals surface area contributed by atoms with Crippen molar-refractivity contribution in [3.8, 4) is 11.3 Å². The van der Waals surface area contributed by atoms with Crippen molar-refractivity contribution in [1.29, 1.82) is 0 Å². The minimum atomic E-state index is -0.360. The molecule has 0 atom stereocenters. The van der Waals surface area contributed by atoms with E-state index in [2.05, 4.69) is 37.6 Å². The highest BCUT2D eigenvalue weighted by Crippen LogP contribution is 2.21. The van der Waals surface area contributed by atoms with Gasteiger partial charge in [-0.15, -0.1) is 5.10 Å². The second-order valence-corrected chi connectivity index (χ2v) is 7.70. The van der Waals surface area contributed by atoms with Crippen LogP contribution < -0.4 is 5.32 Å². The average Bonchev–Trinajstić information content (AvgIpc) is 3.42. The van der Waals surface area contributed by atoms with Crippen molar-refractivity contribution in [2.75, 3.05) is 5.32 Å². The Morgan fingerprint density at radius 1 is 0.938 bits per heavy atom. The van der Waals surface area contributed by atoms with E-state index in [1.54, 1.807) is 21.7 Å². The number of nitrogens with one attached hydrogen (secondary N) is 1. The summed E-state index contributed by atoms with van der Waals surface area (Å²) >= 11 is 0. The topological polar surface area (TPSA) is 90.0 Å². The largest absolute Gasteiger partial charge is 0.289 e. The number of aromatic nitrogens is 6. The van der Waals surface area contributed by atoms with Crippen LogP contribution in [0.15, 0.2) is 73.3 Å². The highest BCUT2D eigenvalue weighted by Gasteiger charge is 2.17. The van der Waals surface area contributed by atoms with Gasteiger partial charge in [0, 0.05) is 11.8 Å². The molecule has 5 rings (SSSR count). The van der Waals surface area contributed by atoms with Gasteiger partial charge >= 0.3 is 0 Å². The molecule has 8 heteroatoms. The molecule has 8 nitrogen and oxygen atoms in total. The van der Waals surface area contributed by atoms with Crippen LogP contribution >= 0.6 is 0 Å². The van der Waals surface area contributed by atoms with Crippen molar-refractivity contribution in [3.05, 3.63) is 95.6 Å². The molecule has 0 fully saturated rings. The Labute approximate surface area is 184 Å². The van der Waals surface area contributed by atoms with E-state index in [0.29, 0.717) is 17.8 Å². The zero-order valence-electron chi connectivity index (χ0n) is 17.7. The van der Waals surface area contributed by atoms with Crippen LogP contribution in [-0.2, 0) is 6.54 Å². The lowest BCUT2D eigenvalue weighted by Gasteiger charge is -2.05. The SMILES string of the molecule is Cc1ccc(Cn2cnc(NC(=O)c3cnn4c(-c5ccc(C)cc5)ccnc34)n2)cc1. The number of rotatable bonds is 5. The molecule has 0 aliphatic carbocycles. The van der Waals surface area contributed by atoms with Gasteiger partial charge in [-0.05, 0) is 25.5 Å². The van der Waals surface area contributed by atoms with Gasteiger partial charge in [-0.3, -0.25) is 10.1 Å². The third kappa shape index (κ3) is 3.85. The van der Waals surface area contributed by atoms with Crippen molar-refractivity contribution in [2.24, 2.45) is 0 Å². The van der Waals surface area contributed by atoms with E-state index in [-0.39, 0.29) is 11.9 Å². The fraction of sp³-hybridized carbons (Fsp3) is 0.125. The minimum Gasteiger partial charge on any atom is -0.289 e. The Kier molecular flexibility index (Phi) is 4.95. The van der Waals surface area contributed by atoms with Gasteiger partial charge < -0.3 is 0 Å². The van der Waals surface area contributed by atoms with Crippen LogP contribution in [-0.4, -0.2) is 35.3 Å². The fourth-order valence-corrected chi connectivity index (χ4v) is 3.47. The molecule has 3 aromatic heterocycles. The van der Waals surface area contributed by atoms with Crippen LogP contribution in [0.1, 0.15) is 27.0 Å². The van der Waals surface area contributed by atoms with Crippen molar-refractivity contribution in [2.45, 2.75) is 20.4 Å². The molecule has 0 radical (unpaired) electrons. The highest BCUT2D eigenvalue weighted by molar-refractivity contribution is 6.07. The van der Waals surface area contributed by atoms with Crippen molar-refractivity contribution < 1.29 is 4.79 Å². The predicted molar refractivity (Wildman–Crippen MR) is 121 cm³/mol. The summed E-state index contributed by atoms with van der Waals surface area (Å²) in [5, 5.41) is 11.5. The second-order valence-electron chi connectivity index (χ2n) is 7.70. The zero-order valence-corrected chi connectivity index (χ0v) is 17.7. The number of hydrogen-bond donors (Lipinski definition) is 1. The number of aryl methyl sites for hydroxylation is 2. The monoisotopic (exact) mass is 423 g/mol. The summed E-state index contributed by atoms with van der Waals surface area (Å²) in [6, 6.07) is 18.2. The first-order valence-corrected chi connectivity index (χ1v) is 10.2. The summed E-state index contributed by atoms with van der Waals surface area (Å²) < 4.78 is 3.35. The van der Waals surface area contributed by atoms with Crippen molar-refractivity contribution >= 4 is 17.5 Å². The molecule has 1 amide bonds. The van der Waals surface area contributed by atoms with E-state index in [1.165, 1.54) is 17.3 Å². The van der Waals surface area contributed by atoms with Crippen LogP contribution in [0.4, 0.5) is 5.95 Å². The maximum Gasteiger partial charge on any atom is 0.263 e. The van der Waals surface area contributed by atoms with Crippen LogP contribution in [0, 0.1) is 13.8 Å². The number of benzene rings is 2. The molecule has 0 spiro atoms. The van der Waals surface area contributed by atoms with Crippen LogP contribution in [0.2, 0.25) is 0 Å².